The van der Waals surface area contributed by atoms with E-state index in [4.69, 9.17) is 0 Å². The zero-order valence-electron chi connectivity index (χ0n) is 12.3. The molecule has 0 spiro atoms. The van der Waals surface area contributed by atoms with E-state index in [-0.39, 0.29) is 11.9 Å². The Labute approximate surface area is 133 Å². The van der Waals surface area contributed by atoms with Gasteiger partial charge in [0.25, 0.3) is 0 Å². The van der Waals surface area contributed by atoms with Gasteiger partial charge in [-0.05, 0) is 13.0 Å². The van der Waals surface area contributed by atoms with Crippen molar-refractivity contribution in [3.05, 3.63) is 30.0 Å². The lowest BCUT2D eigenvalue weighted by Gasteiger charge is -2.37. The fraction of sp³-hybridized carbons (Fsp3) is 0.429. The number of carbonyl (C=O) groups excluding carboxylic acids is 1. The summed E-state index contributed by atoms with van der Waals surface area (Å²) < 4.78 is 0. The first-order chi connectivity index (χ1) is 10.7. The average molecular weight is 318 g/mol. The summed E-state index contributed by atoms with van der Waals surface area (Å²) in [7, 11) is 0. The second kappa shape index (κ2) is 6.80. The van der Waals surface area contributed by atoms with Gasteiger partial charge < -0.3 is 4.90 Å². The summed E-state index contributed by atoms with van der Waals surface area (Å²) in [6.07, 6.45) is 5.04. The van der Waals surface area contributed by atoms with E-state index in [1.807, 2.05) is 18.5 Å². The number of carbonyl (C=O) groups is 1. The molecule has 1 fully saturated rings. The molecule has 0 aromatic carbocycles. The molecular formula is C14H18N6OS. The van der Waals surface area contributed by atoms with E-state index >= 15 is 0 Å². The largest absolute Gasteiger partial charge is 0.346 e. The third kappa shape index (κ3) is 3.40. The lowest BCUT2D eigenvalue weighted by atomic mass is 10.2. The maximum Gasteiger partial charge on any atom is 0.243 e. The van der Waals surface area contributed by atoms with E-state index in [1.165, 1.54) is 0 Å². The Morgan fingerprint density at radius 1 is 1.18 bits per heavy atom. The first-order valence-corrected chi connectivity index (χ1v) is 8.08. The van der Waals surface area contributed by atoms with Gasteiger partial charge in [0.05, 0.1) is 6.04 Å². The highest BCUT2D eigenvalue weighted by Gasteiger charge is 2.26. The summed E-state index contributed by atoms with van der Waals surface area (Å²) in [5.74, 6) is 0.273. The molecule has 1 atom stereocenters. The van der Waals surface area contributed by atoms with Crippen molar-refractivity contribution in [1.29, 1.82) is 0 Å². The smallest absolute Gasteiger partial charge is 0.243 e. The predicted molar refractivity (Wildman–Crippen MR) is 86.0 cm³/mol. The number of aromatic nitrogens is 3. The van der Waals surface area contributed by atoms with Gasteiger partial charge >= 0.3 is 0 Å². The molecule has 116 valence electrons. The SMILES string of the molecule is C[C@@H](C(=O)Nc1ncccn1)N1CCN(c2nccs2)CC1. The average Bonchev–Trinajstić information content (AvgIpc) is 3.10. The molecule has 1 saturated heterocycles. The molecule has 8 heteroatoms. The van der Waals surface area contributed by atoms with Crippen LogP contribution < -0.4 is 10.2 Å². The number of nitrogens with zero attached hydrogens (tertiary/aromatic N) is 5. The van der Waals surface area contributed by atoms with Crippen molar-refractivity contribution < 1.29 is 4.79 Å². The summed E-state index contributed by atoms with van der Waals surface area (Å²) >= 11 is 1.65. The minimum Gasteiger partial charge on any atom is -0.346 e. The van der Waals surface area contributed by atoms with E-state index in [2.05, 4.69) is 30.1 Å². The molecule has 0 bridgehead atoms. The third-order valence-corrected chi connectivity index (χ3v) is 4.56. The fourth-order valence-electron chi connectivity index (χ4n) is 2.42. The highest BCUT2D eigenvalue weighted by atomic mass is 32.1. The van der Waals surface area contributed by atoms with E-state index < -0.39 is 0 Å². The number of amides is 1. The van der Waals surface area contributed by atoms with Crippen molar-refractivity contribution >= 4 is 28.3 Å². The number of thiazole rings is 1. The van der Waals surface area contributed by atoms with Crippen molar-refractivity contribution in [2.24, 2.45) is 0 Å². The molecule has 0 unspecified atom stereocenters. The Kier molecular flexibility index (Phi) is 4.59. The molecule has 2 aromatic heterocycles. The van der Waals surface area contributed by atoms with Crippen LogP contribution in [0.3, 0.4) is 0 Å². The van der Waals surface area contributed by atoms with Gasteiger partial charge in [-0.2, -0.15) is 0 Å². The highest BCUT2D eigenvalue weighted by molar-refractivity contribution is 7.13. The highest BCUT2D eigenvalue weighted by Crippen LogP contribution is 2.19. The number of nitrogens with one attached hydrogen (secondary N) is 1. The van der Waals surface area contributed by atoms with Crippen LogP contribution in [0.5, 0.6) is 0 Å². The lowest BCUT2D eigenvalue weighted by molar-refractivity contribution is -0.120. The van der Waals surface area contributed by atoms with Crippen LogP contribution in [0.15, 0.2) is 30.0 Å². The Bertz CT molecular complexity index is 597. The van der Waals surface area contributed by atoms with Gasteiger partial charge in [0, 0.05) is 50.1 Å². The number of piperazine rings is 1. The topological polar surface area (TPSA) is 74.2 Å². The first-order valence-electron chi connectivity index (χ1n) is 7.20. The van der Waals surface area contributed by atoms with Crippen molar-refractivity contribution in [3.63, 3.8) is 0 Å². The number of hydrogen-bond acceptors (Lipinski definition) is 7. The van der Waals surface area contributed by atoms with Crippen molar-refractivity contribution in [2.75, 3.05) is 36.4 Å². The molecule has 0 radical (unpaired) electrons. The van der Waals surface area contributed by atoms with Crippen LogP contribution in [0, 0.1) is 0 Å². The maximum atomic E-state index is 12.3. The predicted octanol–water partition coefficient (Wildman–Crippen LogP) is 1.08. The van der Waals surface area contributed by atoms with Crippen LogP contribution in [0.4, 0.5) is 11.1 Å². The molecule has 1 amide bonds. The molecule has 0 aliphatic carbocycles. The van der Waals surface area contributed by atoms with Gasteiger partial charge in [0.1, 0.15) is 0 Å². The second-order valence-corrected chi connectivity index (χ2v) is 5.95. The molecule has 1 N–H and O–H groups in total. The molecule has 22 heavy (non-hydrogen) atoms. The standard InChI is InChI=1S/C14H18N6OS/c1-11(12(21)18-13-15-3-2-4-16-13)19-6-8-20(9-7-19)14-17-5-10-22-14/h2-5,10-11H,6-9H2,1H3,(H,15,16,18,21)/t11-/m0/s1. The molecule has 0 saturated carbocycles. The van der Waals surface area contributed by atoms with E-state index in [0.29, 0.717) is 5.95 Å². The van der Waals surface area contributed by atoms with Gasteiger partial charge in [-0.25, -0.2) is 15.0 Å². The zero-order valence-corrected chi connectivity index (χ0v) is 13.2. The molecule has 1 aliphatic rings. The van der Waals surface area contributed by atoms with Gasteiger partial charge in [0.15, 0.2) is 5.13 Å². The van der Waals surface area contributed by atoms with E-state index in [9.17, 15) is 4.79 Å². The minimum atomic E-state index is -0.206. The second-order valence-electron chi connectivity index (χ2n) is 5.08. The maximum absolute atomic E-state index is 12.3. The van der Waals surface area contributed by atoms with Gasteiger partial charge in [0.2, 0.25) is 11.9 Å². The van der Waals surface area contributed by atoms with E-state index in [1.54, 1.807) is 29.8 Å². The molecule has 1 aliphatic heterocycles. The van der Waals surface area contributed by atoms with E-state index in [0.717, 1.165) is 31.3 Å². The molecule has 3 heterocycles. The van der Waals surface area contributed by atoms with Crippen LogP contribution in [-0.2, 0) is 4.79 Å². The summed E-state index contributed by atoms with van der Waals surface area (Å²) in [4.78, 5) is 29.1. The summed E-state index contributed by atoms with van der Waals surface area (Å²) in [6.45, 7) is 5.35. The number of hydrogen-bond donors (Lipinski definition) is 1. The minimum absolute atomic E-state index is 0.0751. The molecule has 2 aromatic rings. The van der Waals surface area contributed by atoms with Gasteiger partial charge in [-0.3, -0.25) is 15.0 Å². The molecule has 3 rings (SSSR count). The lowest BCUT2D eigenvalue weighted by Crippen LogP contribution is -2.52. The molecular weight excluding hydrogens is 300 g/mol. The van der Waals surface area contributed by atoms with Crippen molar-refractivity contribution in [3.8, 4) is 0 Å². The number of anilines is 2. The Hall–Kier alpha value is -2.06. The van der Waals surface area contributed by atoms with Crippen LogP contribution in [0.25, 0.3) is 0 Å². The normalized spacial score (nSPS) is 17.2. The summed E-state index contributed by atoms with van der Waals surface area (Å²) in [6, 6.07) is 1.51. The number of rotatable bonds is 4. The fourth-order valence-corrected chi connectivity index (χ4v) is 3.11. The summed E-state index contributed by atoms with van der Waals surface area (Å²) in [5.41, 5.74) is 0. The zero-order chi connectivity index (χ0) is 15.4. The van der Waals surface area contributed by atoms with Crippen molar-refractivity contribution in [2.45, 2.75) is 13.0 Å². The van der Waals surface area contributed by atoms with Crippen LogP contribution in [0.1, 0.15) is 6.92 Å². The van der Waals surface area contributed by atoms with Crippen LogP contribution in [-0.4, -0.2) is 58.0 Å². The Balaban J connectivity index is 1.53. The van der Waals surface area contributed by atoms with Crippen LogP contribution in [0.2, 0.25) is 0 Å². The van der Waals surface area contributed by atoms with Crippen LogP contribution >= 0.6 is 11.3 Å². The quantitative estimate of drug-likeness (QED) is 0.909. The third-order valence-electron chi connectivity index (χ3n) is 3.73. The first kappa shape index (κ1) is 14.9. The Morgan fingerprint density at radius 3 is 2.55 bits per heavy atom. The Morgan fingerprint density at radius 2 is 1.91 bits per heavy atom. The van der Waals surface area contributed by atoms with Gasteiger partial charge in [-0.15, -0.1) is 11.3 Å². The molecule has 7 nitrogen and oxygen atoms in total. The monoisotopic (exact) mass is 318 g/mol. The summed E-state index contributed by atoms with van der Waals surface area (Å²) in [5, 5.41) is 5.79. The van der Waals surface area contributed by atoms with Gasteiger partial charge in [-0.1, -0.05) is 0 Å². The van der Waals surface area contributed by atoms with Crippen molar-refractivity contribution in [1.82, 2.24) is 19.9 Å².